The highest BCUT2D eigenvalue weighted by Gasteiger charge is 2.27. The molecule has 1 fully saturated rings. The summed E-state index contributed by atoms with van der Waals surface area (Å²) in [5, 5.41) is 3.63. The first-order valence-corrected chi connectivity index (χ1v) is 6.98. The van der Waals surface area contributed by atoms with Crippen molar-refractivity contribution in [2.75, 3.05) is 32.9 Å². The minimum absolute atomic E-state index is 0.278. The summed E-state index contributed by atoms with van der Waals surface area (Å²) in [6.45, 7) is 4.49. The van der Waals surface area contributed by atoms with Gasteiger partial charge in [0.25, 0.3) is 0 Å². The third kappa shape index (κ3) is 3.25. The van der Waals surface area contributed by atoms with Gasteiger partial charge in [-0.25, -0.2) is 4.39 Å². The van der Waals surface area contributed by atoms with Gasteiger partial charge in [0.2, 0.25) is 0 Å². The van der Waals surface area contributed by atoms with Crippen LogP contribution in [0.4, 0.5) is 8.78 Å². The minimum atomic E-state index is -0.474. The molecule has 1 aromatic rings. The van der Waals surface area contributed by atoms with Gasteiger partial charge in [0.15, 0.2) is 0 Å². The van der Waals surface area contributed by atoms with E-state index in [2.05, 4.69) is 10.2 Å². The molecular weight excluding hydrogens is 270 g/mol. The van der Waals surface area contributed by atoms with E-state index in [4.69, 9.17) is 11.6 Å². The summed E-state index contributed by atoms with van der Waals surface area (Å²) in [7, 11) is 0. The highest BCUT2D eigenvalue weighted by Crippen LogP contribution is 2.34. The molecule has 0 radical (unpaired) electrons. The molecule has 106 valence electrons. The van der Waals surface area contributed by atoms with Crippen LogP contribution in [0.2, 0.25) is 5.02 Å². The molecule has 1 aliphatic heterocycles. The van der Waals surface area contributed by atoms with Crippen LogP contribution < -0.4 is 5.32 Å². The lowest BCUT2D eigenvalue weighted by molar-refractivity contribution is 0.154. The van der Waals surface area contributed by atoms with E-state index in [1.807, 2.05) is 0 Å². The summed E-state index contributed by atoms with van der Waals surface area (Å²) in [4.78, 5) is 2.11. The molecule has 0 spiro atoms. The van der Waals surface area contributed by atoms with Crippen molar-refractivity contribution in [3.8, 4) is 0 Å². The van der Waals surface area contributed by atoms with Gasteiger partial charge in [-0.05, 0) is 25.0 Å². The topological polar surface area (TPSA) is 15.3 Å². The molecular formula is C14H19ClF2N2. The van der Waals surface area contributed by atoms with Crippen LogP contribution in [-0.4, -0.2) is 37.8 Å². The lowest BCUT2D eigenvalue weighted by atomic mass is 9.98. The van der Waals surface area contributed by atoms with Gasteiger partial charge in [0.1, 0.15) is 5.82 Å². The summed E-state index contributed by atoms with van der Waals surface area (Å²) in [6.07, 6.45) is 0.278. The molecule has 5 heteroatoms. The normalized spacial score (nSPS) is 18.5. The quantitative estimate of drug-likeness (QED) is 0.916. The molecule has 1 heterocycles. The number of benzene rings is 1. The Balaban J connectivity index is 2.35. The van der Waals surface area contributed by atoms with Gasteiger partial charge in [0, 0.05) is 42.8 Å². The minimum Gasteiger partial charge on any atom is -0.314 e. The molecule has 0 saturated carbocycles. The van der Waals surface area contributed by atoms with Crippen molar-refractivity contribution in [1.82, 2.24) is 10.2 Å². The summed E-state index contributed by atoms with van der Waals surface area (Å²) in [5.74, 6) is -0.301. The van der Waals surface area contributed by atoms with E-state index < -0.39 is 6.67 Å². The van der Waals surface area contributed by atoms with Crippen molar-refractivity contribution in [3.05, 3.63) is 34.1 Å². The average molecular weight is 289 g/mol. The third-order valence-corrected chi connectivity index (χ3v) is 3.96. The third-order valence-electron chi connectivity index (χ3n) is 3.63. The monoisotopic (exact) mass is 288 g/mol. The van der Waals surface area contributed by atoms with Crippen molar-refractivity contribution in [2.24, 2.45) is 0 Å². The van der Waals surface area contributed by atoms with Gasteiger partial charge in [-0.3, -0.25) is 9.29 Å². The van der Waals surface area contributed by atoms with Gasteiger partial charge in [0.05, 0.1) is 6.67 Å². The molecule has 1 N–H and O–H groups in total. The maximum Gasteiger partial charge on any atom is 0.132 e. The smallest absolute Gasteiger partial charge is 0.132 e. The number of alkyl halides is 1. The van der Waals surface area contributed by atoms with Crippen molar-refractivity contribution in [1.29, 1.82) is 0 Å². The van der Waals surface area contributed by atoms with Crippen LogP contribution in [0.15, 0.2) is 12.1 Å². The Kier molecular flexibility index (Phi) is 5.13. The fraction of sp³-hybridized carbons (Fsp3) is 0.571. The molecule has 0 unspecified atom stereocenters. The van der Waals surface area contributed by atoms with Crippen molar-refractivity contribution in [2.45, 2.75) is 19.4 Å². The first-order chi connectivity index (χ1) is 9.15. The predicted molar refractivity (Wildman–Crippen MR) is 73.9 cm³/mol. The van der Waals surface area contributed by atoms with Gasteiger partial charge in [-0.2, -0.15) is 0 Å². The molecule has 0 aliphatic carbocycles. The zero-order chi connectivity index (χ0) is 13.8. The number of rotatable bonds is 4. The average Bonchev–Trinajstić information content (AvgIpc) is 2.43. The van der Waals surface area contributed by atoms with Gasteiger partial charge in [-0.15, -0.1) is 0 Å². The number of halogens is 3. The molecule has 2 nitrogen and oxygen atoms in total. The van der Waals surface area contributed by atoms with Crippen LogP contribution in [-0.2, 0) is 0 Å². The van der Waals surface area contributed by atoms with Crippen LogP contribution in [0, 0.1) is 12.7 Å². The summed E-state index contributed by atoms with van der Waals surface area (Å²) >= 11 is 6.15. The molecule has 1 saturated heterocycles. The maximum atomic E-state index is 14.3. The van der Waals surface area contributed by atoms with Crippen LogP contribution in [0.25, 0.3) is 0 Å². The number of hydrogen-bond acceptors (Lipinski definition) is 2. The highest BCUT2D eigenvalue weighted by molar-refractivity contribution is 6.31. The molecule has 1 atom stereocenters. The zero-order valence-electron chi connectivity index (χ0n) is 11.1. The largest absolute Gasteiger partial charge is 0.314 e. The molecule has 0 bridgehead atoms. The van der Waals surface area contributed by atoms with Crippen LogP contribution >= 0.6 is 11.6 Å². The lowest BCUT2D eigenvalue weighted by Gasteiger charge is -2.35. The van der Waals surface area contributed by atoms with E-state index in [1.165, 1.54) is 0 Å². The SMILES string of the molecule is Cc1ccc(Cl)c([C@H](CCF)N2CCNCC2)c1F. The fourth-order valence-corrected chi connectivity index (χ4v) is 2.86. The molecule has 19 heavy (non-hydrogen) atoms. The zero-order valence-corrected chi connectivity index (χ0v) is 11.8. The van der Waals surface area contributed by atoms with E-state index in [9.17, 15) is 8.78 Å². The van der Waals surface area contributed by atoms with E-state index >= 15 is 0 Å². The Morgan fingerprint density at radius 1 is 1.37 bits per heavy atom. The van der Waals surface area contributed by atoms with E-state index in [1.54, 1.807) is 19.1 Å². The van der Waals surface area contributed by atoms with E-state index in [0.29, 0.717) is 16.1 Å². The second kappa shape index (κ2) is 6.64. The number of hydrogen-bond donors (Lipinski definition) is 1. The maximum absolute atomic E-state index is 14.3. The lowest BCUT2D eigenvalue weighted by Crippen LogP contribution is -2.45. The Morgan fingerprint density at radius 3 is 2.68 bits per heavy atom. The number of aryl methyl sites for hydroxylation is 1. The summed E-state index contributed by atoms with van der Waals surface area (Å²) < 4.78 is 27.2. The Labute approximate surface area is 117 Å². The Bertz CT molecular complexity index is 434. The van der Waals surface area contributed by atoms with Crippen molar-refractivity contribution in [3.63, 3.8) is 0 Å². The van der Waals surface area contributed by atoms with Gasteiger partial charge < -0.3 is 5.32 Å². The van der Waals surface area contributed by atoms with E-state index in [-0.39, 0.29) is 18.3 Å². The molecule has 0 aromatic heterocycles. The highest BCUT2D eigenvalue weighted by atomic mass is 35.5. The number of piperazine rings is 1. The molecule has 1 aromatic carbocycles. The summed E-state index contributed by atoms with van der Waals surface area (Å²) in [5.41, 5.74) is 1.000. The van der Waals surface area contributed by atoms with Gasteiger partial charge in [-0.1, -0.05) is 17.7 Å². The first kappa shape index (κ1) is 14.7. The van der Waals surface area contributed by atoms with Gasteiger partial charge >= 0.3 is 0 Å². The summed E-state index contributed by atoms with van der Waals surface area (Å²) in [6, 6.07) is 3.08. The van der Waals surface area contributed by atoms with E-state index in [0.717, 1.165) is 26.2 Å². The number of nitrogens with zero attached hydrogens (tertiary/aromatic N) is 1. The molecule has 0 amide bonds. The Morgan fingerprint density at radius 2 is 2.05 bits per heavy atom. The molecule has 2 rings (SSSR count). The number of nitrogens with one attached hydrogen (secondary N) is 1. The van der Waals surface area contributed by atoms with Crippen molar-refractivity contribution >= 4 is 11.6 Å². The first-order valence-electron chi connectivity index (χ1n) is 6.60. The van der Waals surface area contributed by atoms with Crippen LogP contribution in [0.5, 0.6) is 0 Å². The van der Waals surface area contributed by atoms with Crippen LogP contribution in [0.1, 0.15) is 23.6 Å². The van der Waals surface area contributed by atoms with Crippen molar-refractivity contribution < 1.29 is 8.78 Å². The fourth-order valence-electron chi connectivity index (χ4n) is 2.59. The molecule has 1 aliphatic rings. The second-order valence-corrected chi connectivity index (χ2v) is 5.28. The Hall–Kier alpha value is -0.710. The predicted octanol–water partition coefficient (Wildman–Crippen LogP) is 3.09. The standard InChI is InChI=1S/C14H19ClF2N2/c1-10-2-3-11(15)13(14(10)17)12(4-5-16)19-8-6-18-7-9-19/h2-3,12,18H,4-9H2,1H3/t12-/m0/s1. The van der Waals surface area contributed by atoms with Crippen LogP contribution in [0.3, 0.4) is 0 Å². The second-order valence-electron chi connectivity index (χ2n) is 4.87.